The highest BCUT2D eigenvalue weighted by atomic mass is 16.6. The summed E-state index contributed by atoms with van der Waals surface area (Å²) in [6, 6.07) is 0.731. The van der Waals surface area contributed by atoms with Crippen LogP contribution in [-0.4, -0.2) is 35.7 Å². The zero-order valence-electron chi connectivity index (χ0n) is 9.55. The van der Waals surface area contributed by atoms with Crippen molar-refractivity contribution in [2.45, 2.75) is 0 Å². The molecular formula is C9H7N5O5. The van der Waals surface area contributed by atoms with Crippen LogP contribution in [0.5, 0.6) is 11.9 Å². The van der Waals surface area contributed by atoms with Crippen molar-refractivity contribution in [1.82, 2.24) is 19.7 Å². The molecule has 2 aromatic rings. The number of hydrogen-bond donors (Lipinski definition) is 1. The number of carboxylic acid groups (broad SMARTS) is 1. The van der Waals surface area contributed by atoms with Gasteiger partial charge in [-0.15, -0.1) is 5.10 Å². The summed E-state index contributed by atoms with van der Waals surface area (Å²) in [4.78, 5) is 28.1. The second-order valence-corrected chi connectivity index (χ2v) is 3.41. The molecule has 19 heavy (non-hydrogen) atoms. The van der Waals surface area contributed by atoms with Gasteiger partial charge in [0.2, 0.25) is 0 Å². The fourth-order valence-electron chi connectivity index (χ4n) is 1.22. The van der Waals surface area contributed by atoms with Crippen molar-refractivity contribution in [2.75, 3.05) is 0 Å². The van der Waals surface area contributed by atoms with E-state index >= 15 is 0 Å². The van der Waals surface area contributed by atoms with E-state index in [0.717, 1.165) is 12.3 Å². The Hall–Kier alpha value is -3.04. The first kappa shape index (κ1) is 12.4. The summed E-state index contributed by atoms with van der Waals surface area (Å²) in [5.41, 5.74) is -0.889. The monoisotopic (exact) mass is 265 g/mol. The van der Waals surface area contributed by atoms with Gasteiger partial charge in [-0.3, -0.25) is 14.8 Å². The van der Waals surface area contributed by atoms with Crippen molar-refractivity contribution < 1.29 is 19.6 Å². The number of nitro groups is 1. The minimum absolute atomic E-state index is 0.124. The Morgan fingerprint density at radius 1 is 1.53 bits per heavy atom. The van der Waals surface area contributed by atoms with Gasteiger partial charge in [-0.05, 0) is 0 Å². The number of carboxylic acids is 1. The summed E-state index contributed by atoms with van der Waals surface area (Å²) < 4.78 is 6.38. The van der Waals surface area contributed by atoms with Crippen LogP contribution in [0.15, 0.2) is 18.6 Å². The van der Waals surface area contributed by atoms with Crippen LogP contribution in [0.25, 0.3) is 0 Å². The van der Waals surface area contributed by atoms with Gasteiger partial charge in [0, 0.05) is 19.3 Å². The van der Waals surface area contributed by atoms with Crippen molar-refractivity contribution in [1.29, 1.82) is 0 Å². The molecular weight excluding hydrogens is 258 g/mol. The van der Waals surface area contributed by atoms with E-state index in [0.29, 0.717) is 0 Å². The molecule has 0 saturated heterocycles. The third-order valence-corrected chi connectivity index (χ3v) is 2.04. The SMILES string of the molecule is Cn1cnc(Oc2ncc(C(=O)O)cc2[N+](=O)[O-])n1. The maximum atomic E-state index is 10.8. The third kappa shape index (κ3) is 2.62. The molecule has 0 aliphatic rings. The maximum absolute atomic E-state index is 10.8. The molecule has 10 heteroatoms. The largest absolute Gasteiger partial charge is 0.478 e. The van der Waals surface area contributed by atoms with E-state index in [1.54, 1.807) is 7.05 Å². The molecule has 10 nitrogen and oxygen atoms in total. The van der Waals surface area contributed by atoms with Gasteiger partial charge >= 0.3 is 23.5 Å². The molecule has 0 spiro atoms. The van der Waals surface area contributed by atoms with E-state index in [-0.39, 0.29) is 17.5 Å². The minimum atomic E-state index is -1.32. The molecule has 1 N–H and O–H groups in total. The molecule has 0 atom stereocenters. The van der Waals surface area contributed by atoms with Gasteiger partial charge in [0.1, 0.15) is 6.33 Å². The average Bonchev–Trinajstić information content (AvgIpc) is 2.74. The molecule has 0 radical (unpaired) electrons. The molecule has 0 fully saturated rings. The quantitative estimate of drug-likeness (QED) is 0.627. The number of pyridine rings is 1. The summed E-state index contributed by atoms with van der Waals surface area (Å²) in [5, 5.41) is 23.4. The summed E-state index contributed by atoms with van der Waals surface area (Å²) >= 11 is 0. The fraction of sp³-hybridized carbons (Fsp3) is 0.111. The first-order valence-electron chi connectivity index (χ1n) is 4.88. The lowest BCUT2D eigenvalue weighted by molar-refractivity contribution is -0.386. The number of hydrogen-bond acceptors (Lipinski definition) is 7. The molecule has 2 rings (SSSR count). The second kappa shape index (κ2) is 4.68. The number of carbonyl (C=O) groups is 1. The van der Waals surface area contributed by atoms with Gasteiger partial charge in [0.05, 0.1) is 10.5 Å². The van der Waals surface area contributed by atoms with Gasteiger partial charge in [-0.1, -0.05) is 0 Å². The lowest BCUT2D eigenvalue weighted by Gasteiger charge is -2.01. The van der Waals surface area contributed by atoms with Crippen molar-refractivity contribution in [3.63, 3.8) is 0 Å². The number of aryl methyl sites for hydroxylation is 1. The number of rotatable bonds is 4. The van der Waals surface area contributed by atoms with Crippen molar-refractivity contribution >= 4 is 11.7 Å². The number of ether oxygens (including phenoxy) is 1. The summed E-state index contributed by atoms with van der Waals surface area (Å²) in [6.45, 7) is 0. The number of aromatic nitrogens is 4. The van der Waals surface area contributed by atoms with E-state index in [1.807, 2.05) is 0 Å². The molecule has 0 aromatic carbocycles. The van der Waals surface area contributed by atoms with Crippen LogP contribution in [0, 0.1) is 10.1 Å². The predicted molar refractivity (Wildman–Crippen MR) is 58.9 cm³/mol. The Morgan fingerprint density at radius 2 is 2.26 bits per heavy atom. The lowest BCUT2D eigenvalue weighted by Crippen LogP contribution is -2.02. The molecule has 0 aliphatic carbocycles. The van der Waals surface area contributed by atoms with Gasteiger partial charge in [0.25, 0.3) is 0 Å². The standard InChI is InChI=1S/C9H7N5O5/c1-13-4-11-9(12-13)19-7-6(14(17)18)2-5(3-10-7)8(15)16/h2-4H,1H3,(H,15,16). The number of aromatic carboxylic acids is 1. The fourth-order valence-corrected chi connectivity index (χ4v) is 1.22. The van der Waals surface area contributed by atoms with Crippen molar-refractivity contribution in [3.05, 3.63) is 34.3 Å². The average molecular weight is 265 g/mol. The summed E-state index contributed by atoms with van der Waals surface area (Å²) in [7, 11) is 1.59. The van der Waals surface area contributed by atoms with Crippen LogP contribution in [0.3, 0.4) is 0 Å². The third-order valence-electron chi connectivity index (χ3n) is 2.04. The summed E-state index contributed by atoms with van der Waals surface area (Å²) in [5.74, 6) is -1.70. The second-order valence-electron chi connectivity index (χ2n) is 3.41. The Labute approximate surface area is 105 Å². The van der Waals surface area contributed by atoms with Crippen LogP contribution in [0.4, 0.5) is 5.69 Å². The molecule has 0 saturated carbocycles. The molecule has 0 aliphatic heterocycles. The molecule has 0 unspecified atom stereocenters. The Kier molecular flexibility index (Phi) is 3.06. The van der Waals surface area contributed by atoms with E-state index < -0.39 is 16.6 Å². The van der Waals surface area contributed by atoms with Crippen LogP contribution in [0.1, 0.15) is 10.4 Å². The van der Waals surface area contributed by atoms with E-state index in [1.165, 1.54) is 11.0 Å². The minimum Gasteiger partial charge on any atom is -0.478 e. The van der Waals surface area contributed by atoms with Gasteiger partial charge < -0.3 is 9.84 Å². The molecule has 2 heterocycles. The van der Waals surface area contributed by atoms with Crippen LogP contribution in [0.2, 0.25) is 0 Å². The Balaban J connectivity index is 2.39. The predicted octanol–water partition coefficient (Wildman–Crippen LogP) is 0.609. The summed E-state index contributed by atoms with van der Waals surface area (Å²) in [6.07, 6.45) is 2.29. The Morgan fingerprint density at radius 3 is 2.79 bits per heavy atom. The topological polar surface area (TPSA) is 133 Å². The normalized spacial score (nSPS) is 10.2. The van der Waals surface area contributed by atoms with Gasteiger partial charge in [-0.2, -0.15) is 4.98 Å². The highest BCUT2D eigenvalue weighted by molar-refractivity contribution is 5.88. The van der Waals surface area contributed by atoms with Gasteiger partial charge in [-0.25, -0.2) is 9.78 Å². The zero-order valence-corrected chi connectivity index (χ0v) is 9.55. The van der Waals surface area contributed by atoms with E-state index in [2.05, 4.69) is 15.1 Å². The molecule has 0 amide bonds. The van der Waals surface area contributed by atoms with Crippen LogP contribution in [-0.2, 0) is 7.05 Å². The smallest absolute Gasteiger partial charge is 0.342 e. The molecule has 98 valence electrons. The van der Waals surface area contributed by atoms with Crippen molar-refractivity contribution in [3.8, 4) is 11.9 Å². The van der Waals surface area contributed by atoms with E-state index in [4.69, 9.17) is 9.84 Å². The lowest BCUT2D eigenvalue weighted by atomic mass is 10.2. The first-order chi connectivity index (χ1) is 8.97. The zero-order chi connectivity index (χ0) is 14.0. The molecule has 0 bridgehead atoms. The maximum Gasteiger partial charge on any atom is 0.342 e. The Bertz CT molecular complexity index is 652. The highest BCUT2D eigenvalue weighted by Gasteiger charge is 2.21. The van der Waals surface area contributed by atoms with Crippen LogP contribution < -0.4 is 4.74 Å². The number of nitrogens with zero attached hydrogens (tertiary/aromatic N) is 5. The van der Waals surface area contributed by atoms with Gasteiger partial charge in [0.15, 0.2) is 0 Å². The first-order valence-corrected chi connectivity index (χ1v) is 4.88. The van der Waals surface area contributed by atoms with E-state index in [9.17, 15) is 14.9 Å². The van der Waals surface area contributed by atoms with Crippen LogP contribution >= 0.6 is 0 Å². The van der Waals surface area contributed by atoms with Crippen molar-refractivity contribution in [2.24, 2.45) is 7.05 Å². The highest BCUT2D eigenvalue weighted by Crippen LogP contribution is 2.27. The molecule has 2 aromatic heterocycles.